The molecule has 168 valence electrons. The average Bonchev–Trinajstić information content (AvgIpc) is 2.80. The number of hydrogen-bond donors (Lipinski definition) is 2. The quantitative estimate of drug-likeness (QED) is 0.393. The monoisotopic (exact) mass is 450 g/mol. The van der Waals surface area contributed by atoms with Gasteiger partial charge in [0, 0.05) is 33.5 Å². The Labute approximate surface area is 195 Å². The van der Waals surface area contributed by atoms with Gasteiger partial charge in [-0.05, 0) is 74.6 Å². The van der Waals surface area contributed by atoms with Crippen molar-refractivity contribution in [2.24, 2.45) is 0 Å². The lowest BCUT2D eigenvalue weighted by Gasteiger charge is -2.18. The summed E-state index contributed by atoms with van der Waals surface area (Å²) in [6.45, 7) is 0. The summed E-state index contributed by atoms with van der Waals surface area (Å²) in [5.41, 5.74) is 21.4. The van der Waals surface area contributed by atoms with E-state index in [0.29, 0.717) is 0 Å². The maximum absolute atomic E-state index is 6.20. The van der Waals surface area contributed by atoms with Crippen LogP contribution in [0.2, 0.25) is 0 Å². The molecule has 0 bridgehead atoms. The molecule has 0 saturated heterocycles. The molecule has 6 rings (SSSR count). The van der Waals surface area contributed by atoms with Gasteiger partial charge < -0.3 is 16.9 Å². The number of benzene rings is 2. The Bertz CT molecular complexity index is 1140. The Morgan fingerprint density at radius 3 is 1.38 bits per heavy atom. The van der Waals surface area contributed by atoms with Crippen molar-refractivity contribution in [3.8, 4) is 0 Å². The van der Waals surface area contributed by atoms with Crippen molar-refractivity contribution in [1.82, 2.24) is 9.97 Å². The minimum Gasteiger partial charge on any atom is -0.412 e. The number of fused-ring (bicyclic) bond motifs is 4. The standard InChI is InChI=1S/2C13H14N2.ClH.H2O/c2*14-13-9-5-1-3-7-11(9)15-12-8-4-2-6-10(12)13;;/h2*1,3,5,7H,2,4,6,8H2,(H2,14,15);1H;1H2. The minimum absolute atomic E-state index is 0. The van der Waals surface area contributed by atoms with E-state index in [1.807, 2.05) is 36.4 Å². The first kappa shape index (κ1) is 23.8. The fourth-order valence-electron chi connectivity index (χ4n) is 4.82. The zero-order chi connectivity index (χ0) is 20.5. The molecular formula is C26H31ClN4O. The van der Waals surface area contributed by atoms with Crippen LogP contribution in [-0.4, -0.2) is 15.4 Å². The molecule has 2 aromatic carbocycles. The molecule has 0 aliphatic heterocycles. The second-order valence-corrected chi connectivity index (χ2v) is 8.35. The van der Waals surface area contributed by atoms with E-state index in [0.717, 1.165) is 58.9 Å². The fourth-order valence-corrected chi connectivity index (χ4v) is 4.82. The Morgan fingerprint density at radius 1 is 0.562 bits per heavy atom. The highest BCUT2D eigenvalue weighted by Gasteiger charge is 2.16. The molecule has 4 aromatic rings. The van der Waals surface area contributed by atoms with Gasteiger partial charge in [0.05, 0.1) is 11.0 Å². The van der Waals surface area contributed by atoms with E-state index in [2.05, 4.69) is 12.1 Å². The van der Waals surface area contributed by atoms with E-state index in [4.69, 9.17) is 21.4 Å². The molecule has 2 aliphatic rings. The molecule has 5 nitrogen and oxygen atoms in total. The lowest BCUT2D eigenvalue weighted by atomic mass is 9.93. The Balaban J connectivity index is 0.000000170. The van der Waals surface area contributed by atoms with Gasteiger partial charge in [0.15, 0.2) is 0 Å². The molecule has 6 N–H and O–H groups in total. The lowest BCUT2D eigenvalue weighted by Crippen LogP contribution is -2.09. The fraction of sp³-hybridized carbons (Fsp3) is 0.308. The molecule has 2 aromatic heterocycles. The third-order valence-electron chi connectivity index (χ3n) is 6.43. The SMILES string of the molecule is Cl.Nc1c2c(nc3ccccc13)CCCC2.Nc1c2c(nc3ccccc13)CCCC2.O. The summed E-state index contributed by atoms with van der Waals surface area (Å²) in [5.74, 6) is 0. The van der Waals surface area contributed by atoms with Gasteiger partial charge in [-0.3, -0.25) is 9.97 Å². The predicted molar refractivity (Wildman–Crippen MR) is 136 cm³/mol. The van der Waals surface area contributed by atoms with E-state index in [1.54, 1.807) is 0 Å². The molecule has 2 heterocycles. The van der Waals surface area contributed by atoms with Crippen molar-refractivity contribution in [3.05, 3.63) is 71.0 Å². The molecule has 0 unspecified atom stereocenters. The highest BCUT2D eigenvalue weighted by atomic mass is 35.5. The van der Waals surface area contributed by atoms with Gasteiger partial charge in [-0.15, -0.1) is 12.4 Å². The molecule has 0 fully saturated rings. The van der Waals surface area contributed by atoms with Crippen molar-refractivity contribution in [2.75, 3.05) is 11.5 Å². The lowest BCUT2D eigenvalue weighted by molar-refractivity contribution is 0.673. The maximum Gasteiger partial charge on any atom is 0.0726 e. The molecule has 0 spiro atoms. The summed E-state index contributed by atoms with van der Waals surface area (Å²) in [4.78, 5) is 9.39. The number of nitrogen functional groups attached to an aromatic ring is 2. The van der Waals surface area contributed by atoms with E-state index >= 15 is 0 Å². The van der Waals surface area contributed by atoms with Gasteiger partial charge in [-0.1, -0.05) is 36.4 Å². The summed E-state index contributed by atoms with van der Waals surface area (Å²) in [7, 11) is 0. The average molecular weight is 451 g/mol. The number of aromatic nitrogens is 2. The predicted octanol–water partition coefficient (Wildman–Crippen LogP) is 4.99. The van der Waals surface area contributed by atoms with Gasteiger partial charge in [0.2, 0.25) is 0 Å². The molecular weight excluding hydrogens is 420 g/mol. The Hall–Kier alpha value is -2.89. The van der Waals surface area contributed by atoms with E-state index < -0.39 is 0 Å². The second kappa shape index (κ2) is 10.2. The summed E-state index contributed by atoms with van der Waals surface area (Å²) in [6, 6.07) is 16.3. The summed E-state index contributed by atoms with van der Waals surface area (Å²) in [5, 5.41) is 2.22. The number of hydrogen-bond acceptors (Lipinski definition) is 4. The Morgan fingerprint density at radius 2 is 0.938 bits per heavy atom. The molecule has 0 radical (unpaired) electrons. The normalized spacial score (nSPS) is 14.2. The van der Waals surface area contributed by atoms with Crippen molar-refractivity contribution in [1.29, 1.82) is 0 Å². The van der Waals surface area contributed by atoms with Gasteiger partial charge in [0.1, 0.15) is 0 Å². The number of anilines is 2. The first-order valence-electron chi connectivity index (χ1n) is 11.0. The highest BCUT2D eigenvalue weighted by molar-refractivity contribution is 5.93. The van der Waals surface area contributed by atoms with E-state index in [1.165, 1.54) is 48.2 Å². The van der Waals surface area contributed by atoms with Crippen LogP contribution < -0.4 is 11.5 Å². The van der Waals surface area contributed by atoms with Crippen molar-refractivity contribution < 1.29 is 5.48 Å². The summed E-state index contributed by atoms with van der Waals surface area (Å²) < 4.78 is 0. The first-order valence-corrected chi connectivity index (χ1v) is 11.0. The molecule has 32 heavy (non-hydrogen) atoms. The van der Waals surface area contributed by atoms with Gasteiger partial charge in [0.25, 0.3) is 0 Å². The number of pyridine rings is 2. The van der Waals surface area contributed by atoms with Crippen molar-refractivity contribution in [3.63, 3.8) is 0 Å². The zero-order valence-electron chi connectivity index (χ0n) is 18.2. The van der Waals surface area contributed by atoms with Crippen LogP contribution in [0, 0.1) is 0 Å². The number of nitrogens with two attached hydrogens (primary N) is 2. The highest BCUT2D eigenvalue weighted by Crippen LogP contribution is 2.31. The molecule has 0 amide bonds. The molecule has 6 heteroatoms. The number of para-hydroxylation sites is 2. The molecule has 2 aliphatic carbocycles. The van der Waals surface area contributed by atoms with Crippen molar-refractivity contribution >= 4 is 45.6 Å². The zero-order valence-corrected chi connectivity index (χ0v) is 19.0. The van der Waals surface area contributed by atoms with Crippen LogP contribution >= 0.6 is 12.4 Å². The second-order valence-electron chi connectivity index (χ2n) is 8.35. The maximum atomic E-state index is 6.20. The number of halogens is 1. The topological polar surface area (TPSA) is 109 Å². The van der Waals surface area contributed by atoms with Crippen LogP contribution in [0.4, 0.5) is 11.4 Å². The van der Waals surface area contributed by atoms with Gasteiger partial charge in [-0.2, -0.15) is 0 Å². The van der Waals surface area contributed by atoms with E-state index in [9.17, 15) is 0 Å². The summed E-state index contributed by atoms with van der Waals surface area (Å²) in [6.07, 6.45) is 9.36. The number of nitrogens with zero attached hydrogens (tertiary/aromatic N) is 2. The molecule has 0 atom stereocenters. The van der Waals surface area contributed by atoms with Crippen LogP contribution in [0.25, 0.3) is 21.8 Å². The van der Waals surface area contributed by atoms with Crippen LogP contribution in [0.5, 0.6) is 0 Å². The van der Waals surface area contributed by atoms with Crippen LogP contribution in [-0.2, 0) is 25.7 Å². The number of aryl methyl sites for hydroxylation is 2. The smallest absolute Gasteiger partial charge is 0.0726 e. The van der Waals surface area contributed by atoms with Crippen LogP contribution in [0.15, 0.2) is 48.5 Å². The Kier molecular flexibility index (Phi) is 7.54. The van der Waals surface area contributed by atoms with Gasteiger partial charge >= 0.3 is 0 Å². The molecule has 0 saturated carbocycles. The van der Waals surface area contributed by atoms with Gasteiger partial charge in [-0.25, -0.2) is 0 Å². The van der Waals surface area contributed by atoms with Crippen LogP contribution in [0.1, 0.15) is 48.2 Å². The van der Waals surface area contributed by atoms with E-state index in [-0.39, 0.29) is 17.9 Å². The first-order chi connectivity index (χ1) is 14.7. The third kappa shape index (κ3) is 4.36. The van der Waals surface area contributed by atoms with Crippen molar-refractivity contribution in [2.45, 2.75) is 51.4 Å². The number of rotatable bonds is 0. The summed E-state index contributed by atoms with van der Waals surface area (Å²) >= 11 is 0. The minimum atomic E-state index is 0. The third-order valence-corrected chi connectivity index (χ3v) is 6.43. The largest absolute Gasteiger partial charge is 0.412 e. The van der Waals surface area contributed by atoms with Crippen LogP contribution in [0.3, 0.4) is 0 Å².